The van der Waals surface area contributed by atoms with Crippen molar-refractivity contribution in [3.05, 3.63) is 58.1 Å². The van der Waals surface area contributed by atoms with Crippen LogP contribution in [-0.2, 0) is 11.4 Å². The number of carbonyl (C=O) groups is 2. The average molecular weight is 362 g/mol. The van der Waals surface area contributed by atoms with Crippen LogP contribution in [0.5, 0.6) is 5.75 Å². The predicted molar refractivity (Wildman–Crippen MR) is 89.2 cm³/mol. The quantitative estimate of drug-likeness (QED) is 0.812. The lowest BCUT2D eigenvalue weighted by molar-refractivity contribution is -0.114. The van der Waals surface area contributed by atoms with Crippen molar-refractivity contribution in [3.63, 3.8) is 0 Å². The van der Waals surface area contributed by atoms with Gasteiger partial charge in [-0.15, -0.1) is 0 Å². The molecule has 2 aromatic carbocycles. The lowest BCUT2D eigenvalue weighted by atomic mass is 10.1. The third kappa shape index (κ3) is 4.43. The van der Waals surface area contributed by atoms with Gasteiger partial charge in [0.05, 0.1) is 5.69 Å². The Kier molecular flexibility index (Phi) is 5.33. The molecule has 0 bridgehead atoms. The predicted octanol–water partition coefficient (Wildman–Crippen LogP) is 4.19. The van der Waals surface area contributed by atoms with E-state index in [1.807, 2.05) is 24.3 Å². The molecule has 4 nitrogen and oxygen atoms in total. The fourth-order valence-corrected chi connectivity index (χ4v) is 2.16. The van der Waals surface area contributed by atoms with E-state index in [2.05, 4.69) is 21.2 Å². The highest BCUT2D eigenvalue weighted by Crippen LogP contribution is 2.27. The van der Waals surface area contributed by atoms with Crippen molar-refractivity contribution in [2.75, 3.05) is 5.32 Å². The molecule has 22 heavy (non-hydrogen) atoms. The summed E-state index contributed by atoms with van der Waals surface area (Å²) in [5, 5.41) is 2.70. The molecule has 0 aliphatic carbocycles. The fourth-order valence-electron chi connectivity index (χ4n) is 1.90. The Morgan fingerprint density at radius 1 is 1.09 bits per heavy atom. The van der Waals surface area contributed by atoms with Gasteiger partial charge in [-0.1, -0.05) is 28.1 Å². The third-order valence-electron chi connectivity index (χ3n) is 3.01. The van der Waals surface area contributed by atoms with Gasteiger partial charge in [0.2, 0.25) is 5.91 Å². The number of ether oxygens (including phenoxy) is 1. The smallest absolute Gasteiger partial charge is 0.221 e. The molecule has 0 aliphatic rings. The number of halogens is 1. The van der Waals surface area contributed by atoms with Crippen LogP contribution in [0.15, 0.2) is 46.9 Å². The van der Waals surface area contributed by atoms with Crippen molar-refractivity contribution in [3.8, 4) is 5.75 Å². The maximum Gasteiger partial charge on any atom is 0.221 e. The van der Waals surface area contributed by atoms with Crippen LogP contribution >= 0.6 is 15.9 Å². The third-order valence-corrected chi connectivity index (χ3v) is 3.54. The summed E-state index contributed by atoms with van der Waals surface area (Å²) < 4.78 is 6.77. The summed E-state index contributed by atoms with van der Waals surface area (Å²) in [6, 6.07) is 12.7. The Labute approximate surface area is 137 Å². The summed E-state index contributed by atoms with van der Waals surface area (Å²) in [5.74, 6) is 0.234. The molecule has 0 saturated heterocycles. The topological polar surface area (TPSA) is 55.4 Å². The highest BCUT2D eigenvalue weighted by Gasteiger charge is 2.09. The number of amides is 1. The van der Waals surface area contributed by atoms with E-state index in [-0.39, 0.29) is 11.7 Å². The Hall–Kier alpha value is -2.14. The van der Waals surface area contributed by atoms with Gasteiger partial charge in [0.1, 0.15) is 12.4 Å². The van der Waals surface area contributed by atoms with Gasteiger partial charge in [0.25, 0.3) is 0 Å². The minimum absolute atomic E-state index is 0.0529. The first kappa shape index (κ1) is 16.2. The summed E-state index contributed by atoms with van der Waals surface area (Å²) in [4.78, 5) is 22.8. The van der Waals surface area contributed by atoms with Crippen LogP contribution in [0.3, 0.4) is 0 Å². The number of ketones is 1. The van der Waals surface area contributed by atoms with Crippen LogP contribution in [0.1, 0.15) is 29.8 Å². The molecule has 0 unspecified atom stereocenters. The SMILES string of the molecule is CC(=O)Nc1ccc(C(C)=O)cc1OCc1ccc(Br)cc1. The number of anilines is 1. The summed E-state index contributed by atoms with van der Waals surface area (Å²) in [5.41, 5.74) is 2.08. The molecule has 0 atom stereocenters. The van der Waals surface area contributed by atoms with Gasteiger partial charge in [-0.2, -0.15) is 0 Å². The molecule has 5 heteroatoms. The van der Waals surface area contributed by atoms with Crippen LogP contribution in [0.2, 0.25) is 0 Å². The molecule has 1 N–H and O–H groups in total. The molecular formula is C17H16BrNO3. The molecule has 1 amide bonds. The molecule has 0 saturated carbocycles. The lowest BCUT2D eigenvalue weighted by Crippen LogP contribution is -2.09. The van der Waals surface area contributed by atoms with Crippen LogP contribution < -0.4 is 10.1 Å². The van der Waals surface area contributed by atoms with Crippen molar-refractivity contribution in [2.24, 2.45) is 0 Å². The molecule has 0 aliphatic heterocycles. The van der Waals surface area contributed by atoms with Crippen LogP contribution in [0.25, 0.3) is 0 Å². The summed E-state index contributed by atoms with van der Waals surface area (Å²) in [6.45, 7) is 3.27. The molecule has 2 rings (SSSR count). The Morgan fingerprint density at radius 2 is 1.77 bits per heavy atom. The molecule has 0 radical (unpaired) electrons. The number of nitrogens with one attached hydrogen (secondary N) is 1. The van der Waals surface area contributed by atoms with E-state index in [1.165, 1.54) is 13.8 Å². The van der Waals surface area contributed by atoms with Crippen molar-refractivity contribution >= 4 is 33.3 Å². The Bertz CT molecular complexity index is 696. The molecule has 2 aromatic rings. The van der Waals surface area contributed by atoms with E-state index >= 15 is 0 Å². The highest BCUT2D eigenvalue weighted by molar-refractivity contribution is 9.10. The van der Waals surface area contributed by atoms with Crippen molar-refractivity contribution in [2.45, 2.75) is 20.5 Å². The zero-order valence-electron chi connectivity index (χ0n) is 12.4. The van der Waals surface area contributed by atoms with E-state index in [0.717, 1.165) is 10.0 Å². The minimum atomic E-state index is -0.191. The van der Waals surface area contributed by atoms with Crippen LogP contribution in [0.4, 0.5) is 5.69 Å². The fraction of sp³-hybridized carbons (Fsp3) is 0.176. The van der Waals surface area contributed by atoms with Crippen LogP contribution in [-0.4, -0.2) is 11.7 Å². The molecule has 0 fully saturated rings. The molecule has 0 aromatic heterocycles. The summed E-state index contributed by atoms with van der Waals surface area (Å²) in [6.07, 6.45) is 0. The highest BCUT2D eigenvalue weighted by atomic mass is 79.9. The van der Waals surface area contributed by atoms with E-state index in [9.17, 15) is 9.59 Å². The number of hydrogen-bond donors (Lipinski definition) is 1. The summed E-state index contributed by atoms with van der Waals surface area (Å²) in [7, 11) is 0. The van der Waals surface area contributed by atoms with Crippen molar-refractivity contribution in [1.82, 2.24) is 0 Å². The van der Waals surface area contributed by atoms with E-state index < -0.39 is 0 Å². The maximum atomic E-state index is 11.5. The number of hydrogen-bond acceptors (Lipinski definition) is 3. The van der Waals surface area contributed by atoms with E-state index in [4.69, 9.17) is 4.74 Å². The number of benzene rings is 2. The van der Waals surface area contributed by atoms with Crippen molar-refractivity contribution in [1.29, 1.82) is 0 Å². The second kappa shape index (κ2) is 7.22. The average Bonchev–Trinajstić information content (AvgIpc) is 2.47. The first-order valence-corrected chi connectivity index (χ1v) is 7.55. The molecular weight excluding hydrogens is 346 g/mol. The number of Topliss-reactive ketones (excluding diaryl/α,β-unsaturated/α-hetero) is 1. The van der Waals surface area contributed by atoms with Gasteiger partial charge in [0.15, 0.2) is 5.78 Å². The second-order valence-electron chi connectivity index (χ2n) is 4.86. The molecule has 114 valence electrons. The first-order chi connectivity index (χ1) is 10.5. The second-order valence-corrected chi connectivity index (χ2v) is 5.78. The monoisotopic (exact) mass is 361 g/mol. The normalized spacial score (nSPS) is 10.1. The first-order valence-electron chi connectivity index (χ1n) is 6.75. The lowest BCUT2D eigenvalue weighted by Gasteiger charge is -2.13. The van der Waals surface area contributed by atoms with E-state index in [1.54, 1.807) is 18.2 Å². The largest absolute Gasteiger partial charge is 0.487 e. The summed E-state index contributed by atoms with van der Waals surface area (Å²) >= 11 is 3.38. The van der Waals surface area contributed by atoms with Gasteiger partial charge in [-0.3, -0.25) is 9.59 Å². The van der Waals surface area contributed by atoms with Crippen LogP contribution in [0, 0.1) is 0 Å². The number of rotatable bonds is 5. The zero-order valence-corrected chi connectivity index (χ0v) is 13.9. The molecule has 0 spiro atoms. The van der Waals surface area contributed by atoms with E-state index in [0.29, 0.717) is 23.6 Å². The van der Waals surface area contributed by atoms with Gasteiger partial charge in [-0.25, -0.2) is 0 Å². The van der Waals surface area contributed by atoms with Gasteiger partial charge in [-0.05, 0) is 42.8 Å². The maximum absolute atomic E-state index is 11.5. The molecule has 0 heterocycles. The zero-order chi connectivity index (χ0) is 16.1. The van der Waals surface area contributed by atoms with Gasteiger partial charge >= 0.3 is 0 Å². The van der Waals surface area contributed by atoms with Gasteiger partial charge < -0.3 is 10.1 Å². The Morgan fingerprint density at radius 3 is 2.36 bits per heavy atom. The number of carbonyl (C=O) groups excluding carboxylic acids is 2. The minimum Gasteiger partial charge on any atom is -0.487 e. The van der Waals surface area contributed by atoms with Gasteiger partial charge in [0, 0.05) is 17.0 Å². The standard InChI is InChI=1S/C17H16BrNO3/c1-11(20)14-5-8-16(19-12(2)21)17(9-14)22-10-13-3-6-15(18)7-4-13/h3-9H,10H2,1-2H3,(H,19,21). The Balaban J connectivity index is 2.22. The van der Waals surface area contributed by atoms with Crippen molar-refractivity contribution < 1.29 is 14.3 Å².